The number of hydrogen-bond donors (Lipinski definition) is 0. The van der Waals surface area contributed by atoms with Crippen LogP contribution in [-0.2, 0) is 0 Å². The lowest BCUT2D eigenvalue weighted by Crippen LogP contribution is -2.10. The lowest BCUT2D eigenvalue weighted by Gasteiger charge is -2.27. The van der Waals surface area contributed by atoms with Crippen LogP contribution in [0.2, 0.25) is 0 Å². The quantitative estimate of drug-likeness (QED) is 0.166. The van der Waals surface area contributed by atoms with E-state index in [4.69, 9.17) is 4.42 Å². The van der Waals surface area contributed by atoms with E-state index < -0.39 is 0 Å². The van der Waals surface area contributed by atoms with Gasteiger partial charge in [0.25, 0.3) is 0 Å². The molecule has 10 rings (SSSR count). The number of para-hydroxylation sites is 2. The minimum atomic E-state index is 0.860. The number of fused-ring (bicyclic) bond motifs is 4. The number of furan rings is 1. The van der Waals surface area contributed by atoms with Gasteiger partial charge < -0.3 is 9.32 Å². The van der Waals surface area contributed by atoms with Crippen LogP contribution >= 0.6 is 0 Å². The normalized spacial score (nSPS) is 11.3. The standard InChI is InChI=1S/C52H35NO/c1-4-15-36(16-5-1)42-33-34-43(46-22-11-10-21-45(42)46)39-27-29-40(30-28-39)53(50-25-14-24-48-47-23-12-13-26-51(47)54-52(48)50)41-31-32-44(37-17-6-2-7-18-37)49(35-41)38-19-8-3-9-20-38/h1-35H. The molecule has 0 bridgehead atoms. The highest BCUT2D eigenvalue weighted by atomic mass is 16.3. The van der Waals surface area contributed by atoms with Crippen molar-refractivity contribution in [2.75, 3.05) is 4.90 Å². The molecule has 0 aliphatic rings. The van der Waals surface area contributed by atoms with Crippen molar-refractivity contribution in [3.63, 3.8) is 0 Å². The highest BCUT2D eigenvalue weighted by molar-refractivity contribution is 6.10. The fourth-order valence-electron chi connectivity index (χ4n) is 7.94. The van der Waals surface area contributed by atoms with Crippen molar-refractivity contribution in [2.45, 2.75) is 0 Å². The smallest absolute Gasteiger partial charge is 0.159 e. The zero-order valence-corrected chi connectivity index (χ0v) is 29.6. The monoisotopic (exact) mass is 689 g/mol. The van der Waals surface area contributed by atoms with Crippen molar-refractivity contribution in [3.8, 4) is 44.5 Å². The Morgan fingerprint density at radius 1 is 0.296 bits per heavy atom. The van der Waals surface area contributed by atoms with Crippen LogP contribution in [0.5, 0.6) is 0 Å². The van der Waals surface area contributed by atoms with E-state index in [2.05, 4.69) is 205 Å². The molecule has 0 aliphatic carbocycles. The molecule has 1 heterocycles. The molecule has 10 aromatic rings. The Morgan fingerprint density at radius 2 is 0.759 bits per heavy atom. The highest BCUT2D eigenvalue weighted by Crippen LogP contribution is 2.45. The Labute approximate surface area is 314 Å². The van der Waals surface area contributed by atoms with Crippen LogP contribution in [0.25, 0.3) is 77.2 Å². The number of hydrogen-bond acceptors (Lipinski definition) is 2. The molecule has 254 valence electrons. The summed E-state index contributed by atoms with van der Waals surface area (Å²) in [5.74, 6) is 0. The predicted octanol–water partition coefficient (Wildman–Crippen LogP) is 14.9. The van der Waals surface area contributed by atoms with Crippen LogP contribution in [0.15, 0.2) is 217 Å². The van der Waals surface area contributed by atoms with Gasteiger partial charge in [-0.05, 0) is 91.7 Å². The Balaban J connectivity index is 1.15. The zero-order valence-electron chi connectivity index (χ0n) is 29.6. The van der Waals surface area contributed by atoms with Crippen molar-refractivity contribution in [1.82, 2.24) is 0 Å². The first kappa shape index (κ1) is 31.6. The fourth-order valence-corrected chi connectivity index (χ4v) is 7.94. The molecular formula is C52H35NO. The van der Waals surface area contributed by atoms with Crippen molar-refractivity contribution in [3.05, 3.63) is 212 Å². The minimum absolute atomic E-state index is 0.860. The first-order valence-corrected chi connectivity index (χ1v) is 18.4. The van der Waals surface area contributed by atoms with Crippen LogP contribution in [0, 0.1) is 0 Å². The van der Waals surface area contributed by atoms with Crippen LogP contribution in [0.3, 0.4) is 0 Å². The summed E-state index contributed by atoms with van der Waals surface area (Å²) in [6, 6.07) is 75.8. The van der Waals surface area contributed by atoms with Gasteiger partial charge in [0.05, 0.1) is 5.69 Å². The predicted molar refractivity (Wildman–Crippen MR) is 228 cm³/mol. The molecule has 0 saturated carbocycles. The average Bonchev–Trinajstić information content (AvgIpc) is 3.64. The molecule has 2 heteroatoms. The van der Waals surface area contributed by atoms with Gasteiger partial charge in [-0.1, -0.05) is 176 Å². The van der Waals surface area contributed by atoms with Crippen molar-refractivity contribution in [1.29, 1.82) is 0 Å². The molecule has 0 N–H and O–H groups in total. The van der Waals surface area contributed by atoms with E-state index in [1.54, 1.807) is 0 Å². The van der Waals surface area contributed by atoms with Gasteiger partial charge >= 0.3 is 0 Å². The lowest BCUT2D eigenvalue weighted by atomic mass is 9.92. The largest absolute Gasteiger partial charge is 0.454 e. The molecule has 0 radical (unpaired) electrons. The molecule has 54 heavy (non-hydrogen) atoms. The summed E-state index contributed by atoms with van der Waals surface area (Å²) < 4.78 is 6.66. The van der Waals surface area contributed by atoms with Crippen LogP contribution in [-0.4, -0.2) is 0 Å². The van der Waals surface area contributed by atoms with E-state index in [-0.39, 0.29) is 0 Å². The number of anilines is 3. The van der Waals surface area contributed by atoms with Crippen molar-refractivity contribution in [2.24, 2.45) is 0 Å². The third kappa shape index (κ3) is 5.53. The maximum absolute atomic E-state index is 6.66. The molecule has 0 saturated heterocycles. The summed E-state index contributed by atoms with van der Waals surface area (Å²) in [5.41, 5.74) is 14.4. The summed E-state index contributed by atoms with van der Waals surface area (Å²) in [5, 5.41) is 4.69. The lowest BCUT2D eigenvalue weighted by molar-refractivity contribution is 0.669. The fraction of sp³-hybridized carbons (Fsp3) is 0. The second-order valence-corrected chi connectivity index (χ2v) is 13.7. The van der Waals surface area contributed by atoms with E-state index in [1.165, 1.54) is 55.3 Å². The van der Waals surface area contributed by atoms with Gasteiger partial charge in [0.15, 0.2) is 5.58 Å². The number of benzene rings is 9. The Morgan fingerprint density at radius 3 is 1.39 bits per heavy atom. The molecule has 9 aromatic carbocycles. The zero-order chi connectivity index (χ0) is 35.8. The van der Waals surface area contributed by atoms with Gasteiger partial charge in [-0.15, -0.1) is 0 Å². The SMILES string of the molecule is c1ccc(-c2ccc(N(c3ccc(-c4ccc(-c5ccccc5)c5ccccc45)cc3)c3cccc4c3oc3ccccc34)cc2-c2ccccc2)cc1. The highest BCUT2D eigenvalue weighted by Gasteiger charge is 2.21. The van der Waals surface area contributed by atoms with Gasteiger partial charge in [-0.25, -0.2) is 0 Å². The first-order chi connectivity index (χ1) is 26.8. The van der Waals surface area contributed by atoms with Gasteiger partial charge in [0, 0.05) is 22.1 Å². The molecule has 0 atom stereocenters. The summed E-state index contributed by atoms with van der Waals surface area (Å²) >= 11 is 0. The number of rotatable bonds is 7. The summed E-state index contributed by atoms with van der Waals surface area (Å²) in [7, 11) is 0. The molecular weight excluding hydrogens is 655 g/mol. The van der Waals surface area contributed by atoms with Gasteiger partial charge in [0.1, 0.15) is 5.58 Å². The van der Waals surface area contributed by atoms with Gasteiger partial charge in [-0.2, -0.15) is 0 Å². The summed E-state index contributed by atoms with van der Waals surface area (Å²) in [6.07, 6.45) is 0. The van der Waals surface area contributed by atoms with Crippen LogP contribution in [0.4, 0.5) is 17.1 Å². The second kappa shape index (κ2) is 13.4. The third-order valence-corrected chi connectivity index (χ3v) is 10.5. The van der Waals surface area contributed by atoms with E-state index >= 15 is 0 Å². The number of nitrogens with zero attached hydrogens (tertiary/aromatic N) is 1. The molecule has 2 nitrogen and oxygen atoms in total. The Hall–Kier alpha value is -7.16. The van der Waals surface area contributed by atoms with Crippen LogP contribution < -0.4 is 4.90 Å². The first-order valence-electron chi connectivity index (χ1n) is 18.4. The van der Waals surface area contributed by atoms with Gasteiger partial charge in [0.2, 0.25) is 0 Å². The average molecular weight is 690 g/mol. The maximum Gasteiger partial charge on any atom is 0.159 e. The van der Waals surface area contributed by atoms with Crippen LogP contribution in [0.1, 0.15) is 0 Å². The van der Waals surface area contributed by atoms with Crippen molar-refractivity contribution < 1.29 is 4.42 Å². The second-order valence-electron chi connectivity index (χ2n) is 13.7. The molecule has 0 amide bonds. The van der Waals surface area contributed by atoms with E-state index in [0.29, 0.717) is 0 Å². The minimum Gasteiger partial charge on any atom is -0.454 e. The summed E-state index contributed by atoms with van der Waals surface area (Å²) in [6.45, 7) is 0. The van der Waals surface area contributed by atoms with E-state index in [9.17, 15) is 0 Å². The maximum atomic E-state index is 6.66. The third-order valence-electron chi connectivity index (χ3n) is 10.5. The Kier molecular flexibility index (Phi) is 7.85. The van der Waals surface area contributed by atoms with Gasteiger partial charge in [-0.3, -0.25) is 0 Å². The Bertz CT molecular complexity index is 2910. The summed E-state index contributed by atoms with van der Waals surface area (Å²) in [4.78, 5) is 2.34. The van der Waals surface area contributed by atoms with Crippen molar-refractivity contribution >= 4 is 49.8 Å². The molecule has 0 spiro atoms. The molecule has 0 fully saturated rings. The molecule has 0 aliphatic heterocycles. The molecule has 0 unspecified atom stereocenters. The van der Waals surface area contributed by atoms with E-state index in [1.807, 2.05) is 12.1 Å². The van der Waals surface area contributed by atoms with E-state index in [0.717, 1.165) is 39.0 Å². The molecule has 1 aromatic heterocycles. The topological polar surface area (TPSA) is 16.4 Å².